The second kappa shape index (κ2) is 8.32. The highest BCUT2D eigenvalue weighted by Crippen LogP contribution is 2.39. The number of hydrogen-bond donors (Lipinski definition) is 0. The summed E-state index contributed by atoms with van der Waals surface area (Å²) in [6.07, 6.45) is -0.652. The predicted molar refractivity (Wildman–Crippen MR) is 120 cm³/mol. The average molecular weight is 485 g/mol. The van der Waals surface area contributed by atoms with Crippen LogP contribution in [0.4, 0.5) is 19.0 Å². The maximum Gasteiger partial charge on any atom is 0.416 e. The molecule has 1 atom stereocenters. The van der Waals surface area contributed by atoms with Crippen LogP contribution >= 0.6 is 11.3 Å². The van der Waals surface area contributed by atoms with Crippen LogP contribution in [-0.4, -0.2) is 30.6 Å². The fraction of sp³-hybridized carbons (Fsp3) is 0.261. The van der Waals surface area contributed by atoms with Gasteiger partial charge in [-0.2, -0.15) is 13.2 Å². The lowest BCUT2D eigenvalue weighted by Crippen LogP contribution is -2.24. The number of nitrogens with zero attached hydrogens (tertiary/aromatic N) is 6. The van der Waals surface area contributed by atoms with Crippen LogP contribution in [0.2, 0.25) is 0 Å². The first-order chi connectivity index (χ1) is 16.2. The molecule has 1 aliphatic rings. The minimum Gasteiger partial charge on any atom is -0.321 e. The van der Waals surface area contributed by atoms with Crippen LogP contribution in [-0.2, 0) is 26.2 Å². The fourth-order valence-electron chi connectivity index (χ4n) is 4.09. The molecule has 0 saturated heterocycles. The first-order valence-corrected chi connectivity index (χ1v) is 11.3. The van der Waals surface area contributed by atoms with Gasteiger partial charge < -0.3 is 4.57 Å². The normalized spacial score (nSPS) is 14.5. The summed E-state index contributed by atoms with van der Waals surface area (Å²) in [5, 5.41) is 8.06. The van der Waals surface area contributed by atoms with Crippen molar-refractivity contribution in [1.29, 1.82) is 0 Å². The Hall–Kier alpha value is -3.60. The van der Waals surface area contributed by atoms with Gasteiger partial charge in [-0.25, -0.2) is 4.98 Å². The largest absolute Gasteiger partial charge is 0.416 e. The zero-order valence-electron chi connectivity index (χ0n) is 18.2. The van der Waals surface area contributed by atoms with Crippen molar-refractivity contribution in [2.45, 2.75) is 32.0 Å². The molecular formula is C23H19F3N6OS. The van der Waals surface area contributed by atoms with Crippen LogP contribution < -0.4 is 4.90 Å². The molecule has 4 heterocycles. The van der Waals surface area contributed by atoms with E-state index in [0.29, 0.717) is 17.9 Å². The molecule has 0 saturated carbocycles. The van der Waals surface area contributed by atoms with Gasteiger partial charge in [-0.15, -0.1) is 21.5 Å². The lowest BCUT2D eigenvalue weighted by atomic mass is 9.97. The van der Waals surface area contributed by atoms with E-state index in [1.807, 2.05) is 24.6 Å². The third-order valence-corrected chi connectivity index (χ3v) is 6.73. The van der Waals surface area contributed by atoms with Gasteiger partial charge in [0.1, 0.15) is 18.0 Å². The summed E-state index contributed by atoms with van der Waals surface area (Å²) in [6.45, 7) is 1.83. The smallest absolute Gasteiger partial charge is 0.321 e. The van der Waals surface area contributed by atoms with E-state index in [1.54, 1.807) is 24.1 Å². The molecule has 11 heteroatoms. The summed E-state index contributed by atoms with van der Waals surface area (Å²) in [5.74, 6) is 0.591. The molecule has 1 unspecified atom stereocenters. The zero-order valence-corrected chi connectivity index (χ0v) is 19.1. The molecule has 0 bridgehead atoms. The third-order valence-electron chi connectivity index (χ3n) is 5.93. The maximum atomic E-state index is 13.6. The number of fused-ring (bicyclic) bond motifs is 1. The molecule has 34 heavy (non-hydrogen) atoms. The Labute approximate surface area is 196 Å². The van der Waals surface area contributed by atoms with E-state index in [-0.39, 0.29) is 23.6 Å². The number of benzene rings is 1. The number of thiazole rings is 1. The molecule has 0 aliphatic carbocycles. The summed E-state index contributed by atoms with van der Waals surface area (Å²) < 4.78 is 42.5. The number of hydrogen-bond acceptors (Lipinski definition) is 6. The Bertz CT molecular complexity index is 1370. The molecule has 0 spiro atoms. The monoisotopic (exact) mass is 484 g/mol. The molecule has 5 rings (SSSR count). The Morgan fingerprint density at radius 3 is 2.74 bits per heavy atom. The summed E-state index contributed by atoms with van der Waals surface area (Å²) in [6, 6.07) is 7.39. The number of alkyl halides is 3. The van der Waals surface area contributed by atoms with Crippen molar-refractivity contribution in [2.24, 2.45) is 7.05 Å². The Morgan fingerprint density at radius 2 is 2.06 bits per heavy atom. The summed E-state index contributed by atoms with van der Waals surface area (Å²) >= 11 is 1.40. The molecule has 4 aromatic rings. The van der Waals surface area contributed by atoms with E-state index in [0.717, 1.165) is 22.3 Å². The third kappa shape index (κ3) is 3.96. The number of carbonyl (C=O) groups is 1. The van der Waals surface area contributed by atoms with Crippen molar-refractivity contribution in [3.8, 4) is 10.6 Å². The number of carbonyl (C=O) groups excluding carboxylic acids is 1. The van der Waals surface area contributed by atoms with Crippen LogP contribution in [0.15, 0.2) is 48.4 Å². The minimum absolute atomic E-state index is 0.0119. The molecule has 1 amide bonds. The van der Waals surface area contributed by atoms with E-state index < -0.39 is 17.6 Å². The first kappa shape index (κ1) is 22.2. The van der Waals surface area contributed by atoms with Crippen molar-refractivity contribution in [3.05, 3.63) is 76.4 Å². The van der Waals surface area contributed by atoms with Crippen molar-refractivity contribution in [3.63, 3.8) is 0 Å². The quantitative estimate of drug-likeness (QED) is 0.404. The highest BCUT2D eigenvalue weighted by molar-refractivity contribution is 7.13. The van der Waals surface area contributed by atoms with Gasteiger partial charge >= 0.3 is 6.18 Å². The second-order valence-corrected chi connectivity index (χ2v) is 9.08. The van der Waals surface area contributed by atoms with E-state index in [2.05, 4.69) is 20.2 Å². The van der Waals surface area contributed by atoms with Crippen molar-refractivity contribution in [1.82, 2.24) is 24.7 Å². The second-order valence-electron chi connectivity index (χ2n) is 8.19. The van der Waals surface area contributed by atoms with Gasteiger partial charge in [0.2, 0.25) is 0 Å². The summed E-state index contributed by atoms with van der Waals surface area (Å²) in [4.78, 5) is 24.0. The van der Waals surface area contributed by atoms with E-state index in [4.69, 9.17) is 0 Å². The number of aryl methyl sites for hydroxylation is 1. The van der Waals surface area contributed by atoms with Crippen LogP contribution in [0.3, 0.4) is 0 Å². The van der Waals surface area contributed by atoms with Crippen LogP contribution in [0, 0.1) is 0 Å². The summed E-state index contributed by atoms with van der Waals surface area (Å²) in [5.41, 5.74) is 2.40. The number of anilines is 1. The maximum absolute atomic E-state index is 13.6. The molecule has 1 aromatic carbocycles. The van der Waals surface area contributed by atoms with Gasteiger partial charge in [0, 0.05) is 25.2 Å². The number of rotatable bonds is 5. The number of pyridine rings is 1. The van der Waals surface area contributed by atoms with Gasteiger partial charge in [-0.1, -0.05) is 13.0 Å². The first-order valence-electron chi connectivity index (χ1n) is 10.5. The molecule has 174 valence electrons. The lowest BCUT2D eigenvalue weighted by Gasteiger charge is -2.19. The number of aromatic nitrogens is 5. The molecule has 3 aromatic heterocycles. The molecule has 0 radical (unpaired) electrons. The van der Waals surface area contributed by atoms with Crippen molar-refractivity contribution >= 4 is 23.1 Å². The number of halogens is 3. The topological polar surface area (TPSA) is 76.8 Å². The molecule has 0 fully saturated rings. The summed E-state index contributed by atoms with van der Waals surface area (Å²) in [7, 11) is 1.86. The fourth-order valence-corrected chi connectivity index (χ4v) is 4.68. The highest BCUT2D eigenvalue weighted by Gasteiger charge is 2.40. The van der Waals surface area contributed by atoms with Gasteiger partial charge in [-0.3, -0.25) is 14.7 Å². The van der Waals surface area contributed by atoms with Crippen molar-refractivity contribution in [2.75, 3.05) is 4.90 Å². The molecule has 0 N–H and O–H groups in total. The predicted octanol–water partition coefficient (Wildman–Crippen LogP) is 4.86. The minimum atomic E-state index is -4.55. The Balaban J connectivity index is 1.56. The standard InChI is InChI=1S/C23H19F3N6OS/c1-13(6-21-30-28-11-31(21)2)14-7-18(19-9-27-12-34-19)29-20(8-14)32-10-16-15(22(32)33)4-3-5-17(16)23(24,25)26/h3-5,7-9,11-13H,6,10H2,1-2H3. The van der Waals surface area contributed by atoms with Crippen LogP contribution in [0.1, 0.15) is 45.7 Å². The zero-order chi connectivity index (χ0) is 24.0. The van der Waals surface area contributed by atoms with Gasteiger partial charge in [0.25, 0.3) is 5.91 Å². The Kier molecular flexibility index (Phi) is 5.43. The number of amides is 1. The van der Waals surface area contributed by atoms with E-state index in [1.165, 1.54) is 28.4 Å². The van der Waals surface area contributed by atoms with E-state index in [9.17, 15) is 18.0 Å². The Morgan fingerprint density at radius 1 is 1.24 bits per heavy atom. The average Bonchev–Trinajstić information content (AvgIpc) is 3.54. The van der Waals surface area contributed by atoms with Crippen molar-refractivity contribution < 1.29 is 18.0 Å². The highest BCUT2D eigenvalue weighted by atomic mass is 32.1. The van der Waals surface area contributed by atoms with Gasteiger partial charge in [0.15, 0.2) is 0 Å². The molecule has 1 aliphatic heterocycles. The van der Waals surface area contributed by atoms with Crippen LogP contribution in [0.25, 0.3) is 10.6 Å². The lowest BCUT2D eigenvalue weighted by molar-refractivity contribution is -0.138. The van der Waals surface area contributed by atoms with Crippen LogP contribution in [0.5, 0.6) is 0 Å². The van der Waals surface area contributed by atoms with Gasteiger partial charge in [-0.05, 0) is 41.3 Å². The molecule has 7 nitrogen and oxygen atoms in total. The van der Waals surface area contributed by atoms with Gasteiger partial charge in [0.05, 0.1) is 28.2 Å². The molecular weight excluding hydrogens is 465 g/mol. The van der Waals surface area contributed by atoms with E-state index >= 15 is 0 Å². The SMILES string of the molecule is CC(Cc1nncn1C)c1cc(-c2cncs2)nc(N2Cc3c(cccc3C(F)(F)F)C2=O)c1.